The molecule has 1 heterocycles. The molecule has 0 amide bonds. The lowest BCUT2D eigenvalue weighted by atomic mass is 9.68. The molecule has 2 fully saturated rings. The summed E-state index contributed by atoms with van der Waals surface area (Å²) in [5.74, 6) is 3.29. The monoisotopic (exact) mass is 204 g/mol. The van der Waals surface area contributed by atoms with Crippen LogP contribution in [0.25, 0.3) is 0 Å². The Morgan fingerprint density at radius 2 is 1.92 bits per heavy atom. The van der Waals surface area contributed by atoms with Crippen LogP contribution in [-0.2, 0) is 0 Å². The summed E-state index contributed by atoms with van der Waals surface area (Å²) >= 11 is 1.93. The van der Waals surface area contributed by atoms with Crippen LogP contribution in [0, 0.1) is 17.8 Å². The fraction of sp³-hybridized carbons (Fsp3) is 1.00. The van der Waals surface area contributed by atoms with Gasteiger partial charge in [0.15, 0.2) is 0 Å². The van der Waals surface area contributed by atoms with Gasteiger partial charge in [-0.25, -0.2) is 4.39 Å². The van der Waals surface area contributed by atoms with Crippen molar-refractivity contribution >= 4 is 11.8 Å². The van der Waals surface area contributed by atoms with E-state index in [-0.39, 0.29) is 6.61 Å². The second-order valence-corrected chi connectivity index (χ2v) is 5.80. The van der Waals surface area contributed by atoms with Crippen LogP contribution in [0.5, 0.6) is 0 Å². The van der Waals surface area contributed by atoms with Crippen LogP contribution in [0.1, 0.15) is 19.8 Å². The van der Waals surface area contributed by atoms with Crippen LogP contribution < -0.4 is 0 Å². The number of alkyl halides is 1. The van der Waals surface area contributed by atoms with E-state index in [2.05, 4.69) is 0 Å². The molecule has 76 valence electrons. The zero-order chi connectivity index (χ0) is 9.47. The molecular formula is C10H17FOS. The van der Waals surface area contributed by atoms with E-state index < -0.39 is 5.67 Å². The third-order valence-corrected chi connectivity index (χ3v) is 4.79. The van der Waals surface area contributed by atoms with Crippen molar-refractivity contribution in [3.63, 3.8) is 0 Å². The third-order valence-electron chi connectivity index (χ3n) is 3.46. The fourth-order valence-electron chi connectivity index (χ4n) is 2.90. The topological polar surface area (TPSA) is 20.2 Å². The fourth-order valence-corrected chi connectivity index (χ4v) is 4.37. The van der Waals surface area contributed by atoms with Crippen molar-refractivity contribution < 1.29 is 9.50 Å². The Hall–Kier alpha value is 0.240. The number of hydrogen-bond donors (Lipinski definition) is 1. The molecule has 2 rings (SSSR count). The molecule has 1 N–H and O–H groups in total. The number of thioether (sulfide) groups is 1. The molecule has 1 saturated heterocycles. The summed E-state index contributed by atoms with van der Waals surface area (Å²) in [6.07, 6.45) is 1.31. The summed E-state index contributed by atoms with van der Waals surface area (Å²) in [6, 6.07) is 0. The maximum atomic E-state index is 13.8. The van der Waals surface area contributed by atoms with Gasteiger partial charge in [-0.2, -0.15) is 11.8 Å². The van der Waals surface area contributed by atoms with Gasteiger partial charge in [-0.1, -0.05) is 0 Å². The molecular weight excluding hydrogens is 187 g/mol. The summed E-state index contributed by atoms with van der Waals surface area (Å²) < 4.78 is 13.8. The molecule has 2 unspecified atom stereocenters. The molecule has 1 saturated carbocycles. The Morgan fingerprint density at radius 1 is 1.38 bits per heavy atom. The number of aliphatic hydroxyl groups excluding tert-OH is 1. The van der Waals surface area contributed by atoms with Gasteiger partial charge in [-0.15, -0.1) is 0 Å². The van der Waals surface area contributed by atoms with Gasteiger partial charge in [-0.05, 0) is 49.0 Å². The predicted octanol–water partition coefficient (Wildman–Crippen LogP) is 2.10. The highest BCUT2D eigenvalue weighted by Gasteiger charge is 2.45. The van der Waals surface area contributed by atoms with Crippen molar-refractivity contribution in [2.75, 3.05) is 18.1 Å². The Labute approximate surface area is 83.1 Å². The average molecular weight is 204 g/mol. The Balaban J connectivity index is 2.12. The van der Waals surface area contributed by atoms with Gasteiger partial charge in [0.25, 0.3) is 0 Å². The molecule has 2 atom stereocenters. The maximum absolute atomic E-state index is 13.8. The van der Waals surface area contributed by atoms with Gasteiger partial charge in [0, 0.05) is 6.61 Å². The molecule has 1 nitrogen and oxygen atoms in total. The Kier molecular flexibility index (Phi) is 2.58. The predicted molar refractivity (Wildman–Crippen MR) is 53.6 cm³/mol. The Bertz CT molecular complexity index is 179. The number of hydrogen-bond acceptors (Lipinski definition) is 2. The van der Waals surface area contributed by atoms with Crippen LogP contribution in [-0.4, -0.2) is 28.9 Å². The van der Waals surface area contributed by atoms with Gasteiger partial charge >= 0.3 is 0 Å². The highest BCUT2D eigenvalue weighted by Crippen LogP contribution is 2.47. The zero-order valence-corrected chi connectivity index (χ0v) is 8.82. The van der Waals surface area contributed by atoms with E-state index in [1.54, 1.807) is 6.92 Å². The maximum Gasteiger partial charge on any atom is 0.108 e. The smallest absolute Gasteiger partial charge is 0.108 e. The van der Waals surface area contributed by atoms with Gasteiger partial charge in [0.1, 0.15) is 5.67 Å². The van der Waals surface area contributed by atoms with E-state index in [4.69, 9.17) is 0 Å². The molecule has 3 heteroatoms. The lowest BCUT2D eigenvalue weighted by Crippen LogP contribution is -2.45. The third kappa shape index (κ3) is 1.86. The zero-order valence-electron chi connectivity index (χ0n) is 8.00. The number of fused-ring (bicyclic) bond motifs is 2. The molecule has 2 bridgehead atoms. The minimum absolute atomic E-state index is 0.256. The van der Waals surface area contributed by atoms with Crippen LogP contribution in [0.2, 0.25) is 0 Å². The number of aliphatic hydroxyl groups is 1. The van der Waals surface area contributed by atoms with Crippen molar-refractivity contribution in [1.82, 2.24) is 0 Å². The van der Waals surface area contributed by atoms with Crippen LogP contribution >= 0.6 is 11.8 Å². The quantitative estimate of drug-likeness (QED) is 0.706. The second kappa shape index (κ2) is 3.43. The first-order valence-corrected chi connectivity index (χ1v) is 6.15. The average Bonchev–Trinajstić information content (AvgIpc) is 2.01. The molecule has 0 radical (unpaired) electrons. The van der Waals surface area contributed by atoms with E-state index in [1.807, 2.05) is 11.8 Å². The van der Waals surface area contributed by atoms with Gasteiger partial charge in [0.05, 0.1) is 0 Å². The van der Waals surface area contributed by atoms with Gasteiger partial charge < -0.3 is 5.11 Å². The lowest BCUT2D eigenvalue weighted by molar-refractivity contribution is 0.00242. The standard InChI is InChI=1S/C10H17FOS/c1-10(11)2-7-5-13-6-8(3-10)9(7)4-12/h7-9,12H,2-6H2,1H3. The second-order valence-electron chi connectivity index (χ2n) is 4.73. The molecule has 0 spiro atoms. The van der Waals surface area contributed by atoms with Crippen molar-refractivity contribution in [1.29, 1.82) is 0 Å². The summed E-state index contributed by atoms with van der Waals surface area (Å²) in [5, 5.41) is 9.24. The molecule has 0 aromatic carbocycles. The van der Waals surface area contributed by atoms with Crippen molar-refractivity contribution in [3.8, 4) is 0 Å². The first-order chi connectivity index (χ1) is 6.12. The highest BCUT2D eigenvalue weighted by atomic mass is 32.2. The summed E-state index contributed by atoms with van der Waals surface area (Å²) in [5.41, 5.74) is -0.970. The molecule has 1 aliphatic carbocycles. The highest BCUT2D eigenvalue weighted by molar-refractivity contribution is 7.99. The molecule has 0 aromatic rings. The van der Waals surface area contributed by atoms with E-state index in [9.17, 15) is 9.50 Å². The number of halogens is 1. The largest absolute Gasteiger partial charge is 0.396 e. The Morgan fingerprint density at radius 3 is 2.38 bits per heavy atom. The van der Waals surface area contributed by atoms with E-state index in [0.717, 1.165) is 11.5 Å². The SMILES string of the molecule is CC1(F)CC2CSCC(C1)C2CO. The van der Waals surface area contributed by atoms with E-state index in [1.165, 1.54) is 0 Å². The van der Waals surface area contributed by atoms with Crippen molar-refractivity contribution in [3.05, 3.63) is 0 Å². The lowest BCUT2D eigenvalue weighted by Gasteiger charge is -2.46. The van der Waals surface area contributed by atoms with Gasteiger partial charge in [-0.3, -0.25) is 0 Å². The summed E-state index contributed by atoms with van der Waals surface area (Å²) in [4.78, 5) is 0. The van der Waals surface area contributed by atoms with E-state index >= 15 is 0 Å². The minimum Gasteiger partial charge on any atom is -0.396 e. The molecule has 0 aromatic heterocycles. The van der Waals surface area contributed by atoms with Crippen LogP contribution in [0.15, 0.2) is 0 Å². The summed E-state index contributed by atoms with van der Waals surface area (Å²) in [6.45, 7) is 1.97. The van der Waals surface area contributed by atoms with Crippen molar-refractivity contribution in [2.24, 2.45) is 17.8 Å². The molecule has 2 aliphatic rings. The molecule has 1 aliphatic heterocycles. The first kappa shape index (κ1) is 9.78. The minimum atomic E-state index is -0.970. The van der Waals surface area contributed by atoms with Crippen molar-refractivity contribution in [2.45, 2.75) is 25.4 Å². The molecule has 13 heavy (non-hydrogen) atoms. The summed E-state index contributed by atoms with van der Waals surface area (Å²) in [7, 11) is 0. The number of rotatable bonds is 1. The normalized spacial score (nSPS) is 50.5. The van der Waals surface area contributed by atoms with Crippen LogP contribution in [0.4, 0.5) is 4.39 Å². The first-order valence-electron chi connectivity index (χ1n) is 5.00. The van der Waals surface area contributed by atoms with Crippen LogP contribution in [0.3, 0.4) is 0 Å². The van der Waals surface area contributed by atoms with Gasteiger partial charge in [0.2, 0.25) is 0 Å². The van der Waals surface area contributed by atoms with E-state index in [0.29, 0.717) is 30.6 Å².